The predicted octanol–water partition coefficient (Wildman–Crippen LogP) is 1.26. The van der Waals surface area contributed by atoms with Gasteiger partial charge < -0.3 is 29.9 Å². The highest BCUT2D eigenvalue weighted by Crippen LogP contribution is 2.33. The van der Waals surface area contributed by atoms with Crippen LogP contribution >= 0.6 is 23.4 Å². The smallest absolute Gasteiger partial charge is 0.338 e. The molecule has 0 fully saturated rings. The minimum atomic E-state index is -1.11. The number of rotatable bonds is 11. The van der Waals surface area contributed by atoms with E-state index in [4.69, 9.17) is 36.4 Å². The molecule has 1 aromatic heterocycles. The van der Waals surface area contributed by atoms with Crippen molar-refractivity contribution >= 4 is 29.3 Å². The Morgan fingerprint density at radius 2 is 1.55 bits per heavy atom. The van der Waals surface area contributed by atoms with Crippen LogP contribution in [-0.2, 0) is 0 Å². The third-order valence-electron chi connectivity index (χ3n) is 3.72. The van der Waals surface area contributed by atoms with Crippen LogP contribution in [0.3, 0.4) is 0 Å². The van der Waals surface area contributed by atoms with Crippen LogP contribution in [0.25, 0.3) is 0 Å². The zero-order chi connectivity index (χ0) is 23.2. The summed E-state index contributed by atoms with van der Waals surface area (Å²) in [6.45, 7) is 1.75. The van der Waals surface area contributed by atoms with Crippen molar-refractivity contribution in [2.45, 2.75) is 10.1 Å². The van der Waals surface area contributed by atoms with Crippen LogP contribution in [0.2, 0.25) is 5.02 Å². The van der Waals surface area contributed by atoms with Gasteiger partial charge in [0.05, 0.1) is 50.7 Å². The molecule has 1 aromatic carbocycles. The highest BCUT2D eigenvalue weighted by atomic mass is 35.5. The number of nitrogens with zero attached hydrogens (tertiary/aromatic N) is 3. The fourth-order valence-corrected chi connectivity index (χ4v) is 3.52. The molecule has 0 bridgehead atoms. The number of benzene rings is 1. The van der Waals surface area contributed by atoms with Crippen LogP contribution in [0, 0.1) is 0 Å². The molecule has 0 saturated heterocycles. The van der Waals surface area contributed by atoms with Gasteiger partial charge >= 0.3 is 5.97 Å². The first-order valence-electron chi connectivity index (χ1n) is 9.11. The van der Waals surface area contributed by atoms with Gasteiger partial charge in [0.25, 0.3) is 0 Å². The van der Waals surface area contributed by atoms with E-state index < -0.39 is 5.97 Å². The van der Waals surface area contributed by atoms with Crippen molar-refractivity contribution in [3.63, 3.8) is 0 Å². The number of carboxylic acids is 1. The molecule has 2 rings (SSSR count). The molecular weight excluding hydrogens is 450 g/mol. The Morgan fingerprint density at radius 1 is 1.03 bits per heavy atom. The Balaban J connectivity index is 0.000000407. The minimum Gasteiger partial charge on any atom is -0.481 e. The molecule has 31 heavy (non-hydrogen) atoms. The van der Waals surface area contributed by atoms with E-state index >= 15 is 0 Å². The Kier molecular flexibility index (Phi) is 12.8. The van der Waals surface area contributed by atoms with Crippen molar-refractivity contribution in [2.75, 3.05) is 53.7 Å². The number of ether oxygens (including phenoxy) is 2. The molecule has 0 saturated carbocycles. The van der Waals surface area contributed by atoms with Gasteiger partial charge in [0.15, 0.2) is 5.16 Å². The number of carboxylic acid groups (broad SMARTS) is 1. The number of carbonyl (C=O) groups is 1. The molecule has 0 unspecified atom stereocenters. The quantitative estimate of drug-likeness (QED) is 0.348. The minimum absolute atomic E-state index is 0.00885. The first kappa shape index (κ1) is 26.9. The molecule has 12 heteroatoms. The molecule has 2 aromatic rings. The van der Waals surface area contributed by atoms with Crippen molar-refractivity contribution < 1.29 is 34.7 Å². The number of aromatic nitrogens is 2. The van der Waals surface area contributed by atoms with E-state index in [9.17, 15) is 9.90 Å². The van der Waals surface area contributed by atoms with Crippen molar-refractivity contribution in [3.05, 3.63) is 34.9 Å². The average Bonchev–Trinajstić information content (AvgIpc) is 2.74. The van der Waals surface area contributed by atoms with E-state index in [1.807, 2.05) is 0 Å². The second-order valence-corrected chi connectivity index (χ2v) is 7.18. The summed E-state index contributed by atoms with van der Waals surface area (Å²) < 4.78 is 10.1. The number of hydrogen-bond acceptors (Lipinski definition) is 10. The van der Waals surface area contributed by atoms with Crippen molar-refractivity contribution in [1.29, 1.82) is 0 Å². The first-order valence-corrected chi connectivity index (χ1v) is 10.3. The molecule has 4 N–H and O–H groups in total. The van der Waals surface area contributed by atoms with E-state index in [2.05, 4.69) is 9.97 Å². The number of aliphatic hydroxyl groups excluding tert-OH is 3. The largest absolute Gasteiger partial charge is 0.481 e. The Hall–Kier alpha value is -2.15. The number of aliphatic hydroxyl groups is 3. The standard InChI is InChI=1S/C13H11ClN2O4S.C6H15NO3/c1-19-9-6-10(20-2)16-13(15-9)21-8-5-3-4-7(14)11(8)12(17)18;8-4-1-7(2-5-9)3-6-10/h3-6H,1-2H3,(H,17,18);8-10H,1-6H2. The Bertz CT molecular complexity index is 793. The summed E-state index contributed by atoms with van der Waals surface area (Å²) in [7, 11) is 2.94. The van der Waals surface area contributed by atoms with Crippen LogP contribution in [0.1, 0.15) is 10.4 Å². The zero-order valence-electron chi connectivity index (χ0n) is 17.2. The van der Waals surface area contributed by atoms with Crippen LogP contribution < -0.4 is 9.47 Å². The van der Waals surface area contributed by atoms with Gasteiger partial charge in [-0.2, -0.15) is 9.97 Å². The van der Waals surface area contributed by atoms with Crippen molar-refractivity contribution in [3.8, 4) is 11.8 Å². The molecule has 0 amide bonds. The lowest BCUT2D eigenvalue weighted by Crippen LogP contribution is -2.32. The molecular formula is C19H26ClN3O7S. The lowest BCUT2D eigenvalue weighted by Gasteiger charge is -2.17. The molecule has 0 aliphatic carbocycles. The monoisotopic (exact) mass is 475 g/mol. The molecule has 1 heterocycles. The maximum Gasteiger partial charge on any atom is 0.338 e. The lowest BCUT2D eigenvalue weighted by molar-refractivity contribution is 0.0693. The highest BCUT2D eigenvalue weighted by Gasteiger charge is 2.17. The summed E-state index contributed by atoms with van der Waals surface area (Å²) in [6.07, 6.45) is 0. The third-order valence-corrected chi connectivity index (χ3v) is 4.96. The van der Waals surface area contributed by atoms with Gasteiger partial charge in [-0.1, -0.05) is 17.7 Å². The highest BCUT2D eigenvalue weighted by molar-refractivity contribution is 7.99. The third kappa shape index (κ3) is 9.25. The number of aromatic carboxylic acids is 1. The summed E-state index contributed by atoms with van der Waals surface area (Å²) >= 11 is 6.99. The second-order valence-electron chi connectivity index (χ2n) is 5.77. The van der Waals surface area contributed by atoms with Crippen LogP contribution in [-0.4, -0.2) is 94.9 Å². The summed E-state index contributed by atoms with van der Waals surface area (Å²) in [5.41, 5.74) is 0.00885. The first-order chi connectivity index (χ1) is 14.9. The normalized spacial score (nSPS) is 10.4. The Labute approximate surface area is 189 Å². The van der Waals surface area contributed by atoms with E-state index in [0.29, 0.717) is 41.4 Å². The lowest BCUT2D eigenvalue weighted by atomic mass is 10.2. The van der Waals surface area contributed by atoms with Crippen LogP contribution in [0.15, 0.2) is 34.3 Å². The van der Waals surface area contributed by atoms with E-state index in [0.717, 1.165) is 11.8 Å². The topological polar surface area (TPSA) is 145 Å². The molecule has 0 aliphatic heterocycles. The maximum atomic E-state index is 11.3. The van der Waals surface area contributed by atoms with Crippen molar-refractivity contribution in [2.24, 2.45) is 0 Å². The van der Waals surface area contributed by atoms with Crippen molar-refractivity contribution in [1.82, 2.24) is 14.9 Å². The summed E-state index contributed by atoms with van der Waals surface area (Å²) in [6, 6.07) is 6.34. The van der Waals surface area contributed by atoms with Crippen LogP contribution in [0.5, 0.6) is 11.8 Å². The summed E-state index contributed by atoms with van der Waals surface area (Å²) in [5.74, 6) is -0.468. The van der Waals surface area contributed by atoms with Gasteiger partial charge in [0, 0.05) is 24.5 Å². The van der Waals surface area contributed by atoms with Gasteiger partial charge in [-0.3, -0.25) is 4.90 Å². The SMILES string of the molecule is COc1cc(OC)nc(Sc2cccc(Cl)c2C(=O)O)n1.OCCN(CCO)CCO. The predicted molar refractivity (Wildman–Crippen MR) is 115 cm³/mol. The van der Waals surface area contributed by atoms with E-state index in [1.54, 1.807) is 17.0 Å². The average molecular weight is 476 g/mol. The van der Waals surface area contributed by atoms with E-state index in [1.165, 1.54) is 26.4 Å². The number of halogens is 1. The maximum absolute atomic E-state index is 11.3. The zero-order valence-corrected chi connectivity index (χ0v) is 18.8. The summed E-state index contributed by atoms with van der Waals surface area (Å²) in [4.78, 5) is 21.8. The Morgan fingerprint density at radius 3 is 1.97 bits per heavy atom. The summed E-state index contributed by atoms with van der Waals surface area (Å²) in [5, 5.41) is 35.1. The second kappa shape index (κ2) is 14.8. The van der Waals surface area contributed by atoms with Gasteiger partial charge in [0.1, 0.15) is 0 Å². The molecule has 10 nitrogen and oxygen atoms in total. The fourth-order valence-electron chi connectivity index (χ4n) is 2.29. The number of methoxy groups -OCH3 is 2. The van der Waals surface area contributed by atoms with Gasteiger partial charge in [-0.25, -0.2) is 4.79 Å². The fraction of sp³-hybridized carbons (Fsp3) is 0.421. The molecule has 0 aliphatic rings. The molecule has 0 atom stereocenters. The van der Waals surface area contributed by atoms with Gasteiger partial charge in [0.2, 0.25) is 11.8 Å². The molecule has 0 spiro atoms. The molecule has 0 radical (unpaired) electrons. The molecule has 172 valence electrons. The number of hydrogen-bond donors (Lipinski definition) is 4. The van der Waals surface area contributed by atoms with Gasteiger partial charge in [-0.15, -0.1) is 0 Å². The van der Waals surface area contributed by atoms with Crippen LogP contribution in [0.4, 0.5) is 0 Å². The van der Waals surface area contributed by atoms with Gasteiger partial charge in [-0.05, 0) is 23.9 Å². The van der Waals surface area contributed by atoms with E-state index in [-0.39, 0.29) is 30.4 Å².